The van der Waals surface area contributed by atoms with E-state index in [-0.39, 0.29) is 18.6 Å². The Balaban J connectivity index is 4.16. The normalized spacial score (nSPS) is 13.7. The van der Waals surface area contributed by atoms with E-state index in [0.717, 1.165) is 17.9 Å². The van der Waals surface area contributed by atoms with Gasteiger partial charge in [-0.25, -0.2) is 4.79 Å². The van der Waals surface area contributed by atoms with Gasteiger partial charge in [0.25, 0.3) is 0 Å². The Labute approximate surface area is 120 Å². The Morgan fingerprint density at radius 2 is 1.95 bits per heavy atom. The molecule has 0 spiro atoms. The number of aliphatic carboxylic acids is 1. The molecule has 0 aliphatic carbocycles. The summed E-state index contributed by atoms with van der Waals surface area (Å²) in [7, 11) is 0. The van der Waals surface area contributed by atoms with E-state index in [1.165, 1.54) is 0 Å². The minimum absolute atomic E-state index is 0.112. The quantitative estimate of drug-likeness (QED) is 0.639. The maximum absolute atomic E-state index is 12.0. The molecule has 0 saturated heterocycles. The molecule has 19 heavy (non-hydrogen) atoms. The van der Waals surface area contributed by atoms with Crippen LogP contribution in [0.3, 0.4) is 0 Å². The van der Waals surface area contributed by atoms with Crippen LogP contribution in [0.4, 0.5) is 4.79 Å². The van der Waals surface area contributed by atoms with Gasteiger partial charge in [0.1, 0.15) is 0 Å². The average molecular weight is 290 g/mol. The van der Waals surface area contributed by atoms with Gasteiger partial charge in [-0.1, -0.05) is 13.8 Å². The zero-order valence-corrected chi connectivity index (χ0v) is 13.1. The van der Waals surface area contributed by atoms with E-state index in [1.54, 1.807) is 11.8 Å². The zero-order chi connectivity index (χ0) is 14.8. The van der Waals surface area contributed by atoms with Gasteiger partial charge < -0.3 is 15.3 Å². The van der Waals surface area contributed by atoms with Crippen LogP contribution in [0.15, 0.2) is 0 Å². The number of hydrogen-bond acceptors (Lipinski definition) is 3. The van der Waals surface area contributed by atoms with Crippen molar-refractivity contribution in [1.82, 2.24) is 10.2 Å². The number of carboxylic acid groups (broad SMARTS) is 1. The van der Waals surface area contributed by atoms with Crippen molar-refractivity contribution >= 4 is 23.8 Å². The van der Waals surface area contributed by atoms with Crippen molar-refractivity contribution in [2.24, 2.45) is 5.92 Å². The van der Waals surface area contributed by atoms with Crippen LogP contribution in [0.1, 0.15) is 34.1 Å². The third-order valence-electron chi connectivity index (χ3n) is 2.85. The largest absolute Gasteiger partial charge is 0.481 e. The monoisotopic (exact) mass is 290 g/mol. The molecule has 0 aromatic rings. The van der Waals surface area contributed by atoms with Crippen molar-refractivity contribution in [3.8, 4) is 0 Å². The average Bonchev–Trinajstić information content (AvgIpc) is 2.35. The number of amides is 2. The fraction of sp³-hybridized carbons (Fsp3) is 0.846. The van der Waals surface area contributed by atoms with Crippen molar-refractivity contribution in [2.75, 3.05) is 24.6 Å². The van der Waals surface area contributed by atoms with Crippen LogP contribution >= 0.6 is 11.8 Å². The van der Waals surface area contributed by atoms with Gasteiger partial charge in [0, 0.05) is 19.1 Å². The summed E-state index contributed by atoms with van der Waals surface area (Å²) in [5, 5.41) is 11.8. The number of rotatable bonds is 9. The molecule has 0 aromatic heterocycles. The van der Waals surface area contributed by atoms with Gasteiger partial charge in [-0.2, -0.15) is 11.8 Å². The van der Waals surface area contributed by atoms with Crippen LogP contribution in [0.5, 0.6) is 0 Å². The van der Waals surface area contributed by atoms with Gasteiger partial charge in [0.05, 0.1) is 5.92 Å². The fourth-order valence-corrected chi connectivity index (χ4v) is 2.35. The Morgan fingerprint density at radius 1 is 1.32 bits per heavy atom. The molecule has 0 fully saturated rings. The maximum Gasteiger partial charge on any atom is 0.317 e. The number of carboxylic acids is 1. The number of nitrogens with zero attached hydrogens (tertiary/aromatic N) is 1. The first-order valence-electron chi connectivity index (χ1n) is 6.78. The van der Waals surface area contributed by atoms with Crippen molar-refractivity contribution in [2.45, 2.75) is 40.2 Å². The van der Waals surface area contributed by atoms with E-state index < -0.39 is 11.9 Å². The molecule has 5 nitrogen and oxygen atoms in total. The molecule has 2 atom stereocenters. The van der Waals surface area contributed by atoms with Crippen molar-refractivity contribution in [3.63, 3.8) is 0 Å². The minimum atomic E-state index is -0.876. The number of hydrogen-bond donors (Lipinski definition) is 2. The molecule has 0 heterocycles. The van der Waals surface area contributed by atoms with E-state index in [9.17, 15) is 9.59 Å². The van der Waals surface area contributed by atoms with Gasteiger partial charge in [-0.15, -0.1) is 0 Å². The van der Waals surface area contributed by atoms with E-state index in [2.05, 4.69) is 12.2 Å². The number of nitrogens with one attached hydrogen (secondary N) is 1. The third kappa shape index (κ3) is 7.97. The van der Waals surface area contributed by atoms with Crippen molar-refractivity contribution in [1.29, 1.82) is 0 Å². The van der Waals surface area contributed by atoms with E-state index in [0.29, 0.717) is 6.54 Å². The lowest BCUT2D eigenvalue weighted by molar-refractivity contribution is -0.141. The highest BCUT2D eigenvalue weighted by molar-refractivity contribution is 7.99. The molecular formula is C13H26N2O3S. The molecule has 0 saturated carbocycles. The zero-order valence-electron chi connectivity index (χ0n) is 12.3. The molecule has 2 N–H and O–H groups in total. The summed E-state index contributed by atoms with van der Waals surface area (Å²) < 4.78 is 0. The molecule has 0 bridgehead atoms. The fourth-order valence-electron chi connectivity index (χ4n) is 1.54. The lowest BCUT2D eigenvalue weighted by Gasteiger charge is -2.25. The second kappa shape index (κ2) is 9.95. The topological polar surface area (TPSA) is 69.6 Å². The summed E-state index contributed by atoms with van der Waals surface area (Å²) >= 11 is 1.85. The van der Waals surface area contributed by atoms with Gasteiger partial charge >= 0.3 is 12.0 Å². The highest BCUT2D eigenvalue weighted by Gasteiger charge is 2.20. The van der Waals surface area contributed by atoms with Crippen molar-refractivity contribution in [3.05, 3.63) is 0 Å². The highest BCUT2D eigenvalue weighted by atomic mass is 32.2. The van der Waals surface area contributed by atoms with Crippen LogP contribution in [0.2, 0.25) is 0 Å². The van der Waals surface area contributed by atoms with Crippen LogP contribution in [0.25, 0.3) is 0 Å². The summed E-state index contributed by atoms with van der Waals surface area (Å²) in [6.45, 7) is 8.31. The lowest BCUT2D eigenvalue weighted by atomic mass is 10.2. The molecule has 0 rings (SSSR count). The number of thioether (sulfide) groups is 1. The first-order valence-corrected chi connectivity index (χ1v) is 7.93. The first kappa shape index (κ1) is 18.1. The molecule has 6 heteroatoms. The summed E-state index contributed by atoms with van der Waals surface area (Å²) in [5.74, 6) is 0.684. The van der Waals surface area contributed by atoms with Crippen LogP contribution < -0.4 is 5.32 Å². The molecule has 2 amide bonds. The summed E-state index contributed by atoms with van der Waals surface area (Å²) in [4.78, 5) is 24.3. The predicted molar refractivity (Wildman–Crippen MR) is 79.7 cm³/mol. The Bertz CT molecular complexity index is 287. The minimum Gasteiger partial charge on any atom is -0.481 e. The van der Waals surface area contributed by atoms with E-state index >= 15 is 0 Å². The lowest BCUT2D eigenvalue weighted by Crippen LogP contribution is -2.46. The number of carbonyl (C=O) groups excluding carboxylic acids is 1. The Hall–Kier alpha value is -0.910. The molecule has 0 aromatic carbocycles. The third-order valence-corrected chi connectivity index (χ3v) is 3.79. The van der Waals surface area contributed by atoms with E-state index in [1.807, 2.05) is 25.6 Å². The first-order chi connectivity index (χ1) is 8.92. The predicted octanol–water partition coefficient (Wildman–Crippen LogP) is 2.27. The van der Waals surface area contributed by atoms with Crippen molar-refractivity contribution < 1.29 is 14.7 Å². The number of carbonyl (C=O) groups is 2. The molecule has 112 valence electrons. The Kier molecular flexibility index (Phi) is 9.47. The van der Waals surface area contributed by atoms with Crippen LogP contribution in [0, 0.1) is 5.92 Å². The van der Waals surface area contributed by atoms with Crippen LogP contribution in [-0.2, 0) is 4.79 Å². The van der Waals surface area contributed by atoms with Crippen LogP contribution in [-0.4, -0.2) is 52.6 Å². The smallest absolute Gasteiger partial charge is 0.317 e. The second-order valence-electron chi connectivity index (χ2n) is 4.61. The number of urea groups is 1. The molecule has 0 radical (unpaired) electrons. The van der Waals surface area contributed by atoms with Gasteiger partial charge in [0.15, 0.2) is 0 Å². The molecule has 0 aliphatic heterocycles. The highest BCUT2D eigenvalue weighted by Crippen LogP contribution is 2.05. The Morgan fingerprint density at radius 3 is 2.42 bits per heavy atom. The second-order valence-corrected chi connectivity index (χ2v) is 6.01. The van der Waals surface area contributed by atoms with E-state index in [4.69, 9.17) is 5.11 Å². The SMILES string of the molecule is CCSCCC(C)NC(=O)N(CC)CC(C)C(=O)O. The maximum atomic E-state index is 12.0. The molecule has 0 aliphatic rings. The molecular weight excluding hydrogens is 264 g/mol. The standard InChI is InChI=1S/C13H26N2O3S/c1-5-15(9-10(3)12(16)17)13(18)14-11(4)7-8-19-6-2/h10-11H,5-9H2,1-4H3,(H,14,18)(H,16,17). The van der Waals surface area contributed by atoms with Gasteiger partial charge in [0.2, 0.25) is 0 Å². The summed E-state index contributed by atoms with van der Waals surface area (Å²) in [5.41, 5.74) is 0. The summed E-state index contributed by atoms with van der Waals surface area (Å²) in [6, 6.07) is -0.0645. The van der Waals surface area contributed by atoms with Gasteiger partial charge in [-0.3, -0.25) is 4.79 Å². The van der Waals surface area contributed by atoms with Gasteiger partial charge in [-0.05, 0) is 31.8 Å². The summed E-state index contributed by atoms with van der Waals surface area (Å²) in [6.07, 6.45) is 0.927. The molecule has 2 unspecified atom stereocenters.